The van der Waals surface area contributed by atoms with Crippen molar-refractivity contribution in [1.82, 2.24) is 5.01 Å². The van der Waals surface area contributed by atoms with E-state index >= 15 is 0 Å². The third-order valence-corrected chi connectivity index (χ3v) is 6.67. The highest BCUT2D eigenvalue weighted by Crippen LogP contribution is 2.43. The summed E-state index contributed by atoms with van der Waals surface area (Å²) in [5.74, 6) is -0.127. The van der Waals surface area contributed by atoms with Crippen molar-refractivity contribution in [3.63, 3.8) is 0 Å². The number of carbonyl (C=O) groups is 1. The molecule has 0 radical (unpaired) electrons. The van der Waals surface area contributed by atoms with E-state index in [-0.39, 0.29) is 17.5 Å². The van der Waals surface area contributed by atoms with Crippen molar-refractivity contribution in [2.24, 2.45) is 10.4 Å². The molecule has 1 saturated carbocycles. The lowest BCUT2D eigenvalue weighted by Gasteiger charge is -2.37. The number of aliphatic hydroxyl groups is 2. The summed E-state index contributed by atoms with van der Waals surface area (Å²) in [7, 11) is 2.87. The van der Waals surface area contributed by atoms with Crippen LogP contribution in [-0.2, 0) is 4.74 Å². The van der Waals surface area contributed by atoms with Gasteiger partial charge in [-0.3, -0.25) is 4.90 Å². The summed E-state index contributed by atoms with van der Waals surface area (Å²) in [6.45, 7) is 0. The maximum absolute atomic E-state index is 14.7. The minimum Gasteiger partial charge on any atom is -0.495 e. The number of ether oxygens (including phenoxy) is 3. The molecule has 0 aromatic heterocycles. The van der Waals surface area contributed by atoms with Gasteiger partial charge in [0, 0.05) is 6.04 Å². The zero-order valence-electron chi connectivity index (χ0n) is 20.0. The Morgan fingerprint density at radius 3 is 2.47 bits per heavy atom. The maximum atomic E-state index is 14.7. The van der Waals surface area contributed by atoms with Crippen LogP contribution in [0.25, 0.3) is 0 Å². The number of aliphatic hydroxyl groups excluding tert-OH is 2. The molecule has 36 heavy (non-hydrogen) atoms. The minimum atomic E-state index is -1.71. The molecular weight excluding hydrogens is 473 g/mol. The number of methoxy groups -OCH3 is 2. The Bertz CT molecular complexity index is 1160. The first-order valence-electron chi connectivity index (χ1n) is 11.8. The van der Waals surface area contributed by atoms with Crippen LogP contribution in [0.15, 0.2) is 46.8 Å². The van der Waals surface area contributed by atoms with Crippen LogP contribution < -0.4 is 19.4 Å². The quantitative estimate of drug-likeness (QED) is 0.576. The molecular formula is C24H28FN5O6. The van der Waals surface area contributed by atoms with E-state index < -0.39 is 30.6 Å². The van der Waals surface area contributed by atoms with Gasteiger partial charge in [-0.15, -0.1) is 5.01 Å². The molecule has 5 rings (SSSR count). The molecule has 11 nitrogen and oxygen atoms in total. The van der Waals surface area contributed by atoms with Crippen molar-refractivity contribution in [3.05, 3.63) is 47.8 Å². The highest BCUT2D eigenvalue weighted by atomic mass is 19.1. The molecule has 0 spiro atoms. The molecule has 2 amide bonds. The maximum Gasteiger partial charge on any atom is 0.350 e. The van der Waals surface area contributed by atoms with Gasteiger partial charge in [0.1, 0.15) is 23.3 Å². The highest BCUT2D eigenvalue weighted by molar-refractivity contribution is 5.94. The average Bonchev–Trinajstić information content (AvgIpc) is 3.51. The Morgan fingerprint density at radius 1 is 1.08 bits per heavy atom. The molecule has 1 aliphatic carbocycles. The molecule has 1 saturated heterocycles. The Balaban J connectivity index is 1.50. The van der Waals surface area contributed by atoms with E-state index in [4.69, 9.17) is 14.2 Å². The molecule has 2 aliphatic heterocycles. The number of amides is 2. The zero-order chi connectivity index (χ0) is 25.4. The number of nitrogens with zero attached hydrogens (tertiary/aromatic N) is 5. The predicted molar refractivity (Wildman–Crippen MR) is 126 cm³/mol. The molecule has 2 fully saturated rings. The summed E-state index contributed by atoms with van der Waals surface area (Å²) in [5, 5.41) is 30.2. The van der Waals surface area contributed by atoms with Crippen LogP contribution in [0.4, 0.5) is 20.6 Å². The van der Waals surface area contributed by atoms with Gasteiger partial charge in [-0.2, -0.15) is 5.01 Å². The van der Waals surface area contributed by atoms with E-state index in [0.717, 1.165) is 42.1 Å². The van der Waals surface area contributed by atoms with E-state index in [0.29, 0.717) is 17.0 Å². The number of halogens is 1. The molecule has 2 aromatic carbocycles. The van der Waals surface area contributed by atoms with Crippen LogP contribution in [0.2, 0.25) is 0 Å². The van der Waals surface area contributed by atoms with Crippen LogP contribution in [0.3, 0.4) is 0 Å². The average molecular weight is 502 g/mol. The Hall–Kier alpha value is -3.48. The van der Waals surface area contributed by atoms with Gasteiger partial charge in [-0.25, -0.2) is 9.18 Å². The monoisotopic (exact) mass is 501 g/mol. The van der Waals surface area contributed by atoms with Crippen LogP contribution in [0, 0.1) is 5.82 Å². The molecule has 2 heterocycles. The number of para-hydroxylation sites is 1. The topological polar surface area (TPSA) is 123 Å². The normalized spacial score (nSPS) is 23.6. The van der Waals surface area contributed by atoms with Crippen LogP contribution in [0.1, 0.15) is 43.8 Å². The lowest BCUT2D eigenvalue weighted by Crippen LogP contribution is -2.52. The van der Waals surface area contributed by atoms with Gasteiger partial charge in [0.15, 0.2) is 12.1 Å². The summed E-state index contributed by atoms with van der Waals surface area (Å²) >= 11 is 0. The number of hydrogen-bond acceptors (Lipinski definition) is 9. The minimum absolute atomic E-state index is 0.129. The summed E-state index contributed by atoms with van der Waals surface area (Å²) in [6, 6.07) is 8.55. The van der Waals surface area contributed by atoms with Crippen molar-refractivity contribution in [2.75, 3.05) is 24.1 Å². The Morgan fingerprint density at radius 2 is 1.81 bits per heavy atom. The number of rotatable bonds is 6. The first-order valence-corrected chi connectivity index (χ1v) is 11.8. The van der Waals surface area contributed by atoms with Gasteiger partial charge in [0.05, 0.1) is 19.9 Å². The van der Waals surface area contributed by atoms with Crippen molar-refractivity contribution < 1.29 is 33.6 Å². The van der Waals surface area contributed by atoms with Gasteiger partial charge < -0.3 is 24.4 Å². The number of carbonyl (C=O) groups excluding carboxylic acids is 1. The molecule has 3 unspecified atom stereocenters. The van der Waals surface area contributed by atoms with Gasteiger partial charge in [0.2, 0.25) is 0 Å². The van der Waals surface area contributed by atoms with Crippen LogP contribution in [0.5, 0.6) is 11.5 Å². The fraction of sp³-hybridized carbons (Fsp3) is 0.458. The largest absolute Gasteiger partial charge is 0.495 e. The molecule has 2 N–H and O–H groups in total. The predicted octanol–water partition coefficient (Wildman–Crippen LogP) is 3.87. The molecule has 3 aliphatic rings. The molecule has 3 atom stereocenters. The van der Waals surface area contributed by atoms with Crippen molar-refractivity contribution in [3.8, 4) is 11.5 Å². The number of urea groups is 1. The van der Waals surface area contributed by atoms with E-state index in [1.165, 1.54) is 32.4 Å². The van der Waals surface area contributed by atoms with Crippen LogP contribution >= 0.6 is 0 Å². The molecule has 12 heteroatoms. The molecule has 2 aromatic rings. The Kier molecular flexibility index (Phi) is 6.65. The first-order chi connectivity index (χ1) is 17.4. The van der Waals surface area contributed by atoms with Crippen molar-refractivity contribution in [2.45, 2.75) is 56.9 Å². The zero-order valence-corrected chi connectivity index (χ0v) is 20.0. The number of epoxide rings is 1. The highest BCUT2D eigenvalue weighted by Gasteiger charge is 2.43. The first kappa shape index (κ1) is 24.2. The van der Waals surface area contributed by atoms with Gasteiger partial charge in [0.25, 0.3) is 6.35 Å². The third-order valence-electron chi connectivity index (χ3n) is 6.67. The summed E-state index contributed by atoms with van der Waals surface area (Å²) in [5.41, 5.74) is 1.00. The second-order valence-corrected chi connectivity index (χ2v) is 8.83. The van der Waals surface area contributed by atoms with E-state index in [2.05, 4.69) is 10.4 Å². The van der Waals surface area contributed by atoms with Gasteiger partial charge in [-0.1, -0.05) is 31.4 Å². The second-order valence-electron chi connectivity index (χ2n) is 8.83. The Labute approximate surface area is 207 Å². The van der Waals surface area contributed by atoms with Gasteiger partial charge >= 0.3 is 6.03 Å². The van der Waals surface area contributed by atoms with E-state index in [1.54, 1.807) is 23.1 Å². The fourth-order valence-corrected chi connectivity index (χ4v) is 4.79. The van der Waals surface area contributed by atoms with Crippen LogP contribution in [-0.4, -0.2) is 54.2 Å². The smallest absolute Gasteiger partial charge is 0.350 e. The fourth-order valence-electron chi connectivity index (χ4n) is 4.79. The number of anilines is 2. The molecule has 192 valence electrons. The van der Waals surface area contributed by atoms with Gasteiger partial charge in [-0.05, 0) is 53.1 Å². The summed E-state index contributed by atoms with van der Waals surface area (Å²) < 4.78 is 30.7. The van der Waals surface area contributed by atoms with Crippen molar-refractivity contribution in [1.29, 1.82) is 0 Å². The lowest BCUT2D eigenvalue weighted by atomic mass is 9.93. The SMILES string of the molecule is COc1ccc(C2OC2O)cc1N(C(=O)N1N=NN(c2c(F)cccc2OC)C1O)C1CCCCC1. The summed E-state index contributed by atoms with van der Waals surface area (Å²) in [4.78, 5) is 15.5. The standard InChI is InChI=1S/C24H28FN5O6/c1-34-18-12-11-14(21-22(31)36-21)13-17(18)28(15-7-4-3-5-8-15)23(32)30-24(33)29(26-27-30)20-16(25)9-6-10-19(20)35-2/h6,9-13,15,21-22,24,31,33H,3-5,7-8H2,1-2H3. The summed E-state index contributed by atoms with van der Waals surface area (Å²) in [6.07, 6.45) is 1.32. The lowest BCUT2D eigenvalue weighted by molar-refractivity contribution is 0.0522. The molecule has 0 bridgehead atoms. The van der Waals surface area contributed by atoms with E-state index in [1.807, 2.05) is 0 Å². The number of hydrogen-bond donors (Lipinski definition) is 2. The second kappa shape index (κ2) is 9.88. The van der Waals surface area contributed by atoms with Crippen molar-refractivity contribution >= 4 is 17.4 Å². The number of benzene rings is 2. The third kappa shape index (κ3) is 4.31. The van der Waals surface area contributed by atoms with E-state index in [9.17, 15) is 19.4 Å².